The highest BCUT2D eigenvalue weighted by molar-refractivity contribution is 5.55. The summed E-state index contributed by atoms with van der Waals surface area (Å²) in [6.07, 6.45) is 1.14. The molecule has 0 aromatic carbocycles. The number of nitrogens with zero attached hydrogens (tertiary/aromatic N) is 4. The zero-order chi connectivity index (χ0) is 15.4. The Bertz CT molecular complexity index is 500. The van der Waals surface area contributed by atoms with E-state index in [4.69, 9.17) is 0 Å². The lowest BCUT2D eigenvalue weighted by molar-refractivity contribution is -0.384. The minimum atomic E-state index is -0.374. The van der Waals surface area contributed by atoms with Crippen molar-refractivity contribution in [3.8, 4) is 0 Å². The molecule has 7 heteroatoms. The van der Waals surface area contributed by atoms with Crippen LogP contribution in [0.25, 0.3) is 0 Å². The van der Waals surface area contributed by atoms with Crippen LogP contribution in [-0.4, -0.2) is 54.1 Å². The number of hydrogen-bond acceptors (Lipinski definition) is 6. The van der Waals surface area contributed by atoms with Crippen molar-refractivity contribution in [1.29, 1.82) is 0 Å². The van der Waals surface area contributed by atoms with E-state index >= 15 is 0 Å². The topological polar surface area (TPSA) is 74.5 Å². The summed E-state index contributed by atoms with van der Waals surface area (Å²) in [5.41, 5.74) is 0.0775. The van der Waals surface area contributed by atoms with E-state index in [9.17, 15) is 10.1 Å². The lowest BCUT2D eigenvalue weighted by Gasteiger charge is -2.38. The molecule has 0 bridgehead atoms. The van der Waals surface area contributed by atoms with Crippen molar-refractivity contribution >= 4 is 17.3 Å². The van der Waals surface area contributed by atoms with Gasteiger partial charge in [-0.05, 0) is 13.3 Å². The lowest BCUT2D eigenvalue weighted by atomic mass is 10.2. The fourth-order valence-electron chi connectivity index (χ4n) is 2.55. The molecule has 0 saturated carbocycles. The Hall–Kier alpha value is -1.89. The SMILES string of the molecule is CCC(C)N1CCN(c2cc([N+](=O)[O-])cc(NC)n2)CC1. The first-order valence-electron chi connectivity index (χ1n) is 7.38. The molecule has 1 N–H and O–H groups in total. The summed E-state index contributed by atoms with van der Waals surface area (Å²) >= 11 is 0. The van der Waals surface area contributed by atoms with Gasteiger partial charge in [0, 0.05) is 39.3 Å². The summed E-state index contributed by atoms with van der Waals surface area (Å²) < 4.78 is 0. The first-order valence-corrected chi connectivity index (χ1v) is 7.38. The zero-order valence-corrected chi connectivity index (χ0v) is 12.9. The van der Waals surface area contributed by atoms with Gasteiger partial charge in [0.2, 0.25) is 0 Å². The molecule has 7 nitrogen and oxygen atoms in total. The molecule has 1 unspecified atom stereocenters. The normalized spacial score (nSPS) is 17.6. The molecule has 0 spiro atoms. The van der Waals surface area contributed by atoms with Gasteiger partial charge in [0.05, 0.1) is 17.1 Å². The van der Waals surface area contributed by atoms with Gasteiger partial charge in [0.15, 0.2) is 0 Å². The average Bonchev–Trinajstić information content (AvgIpc) is 2.53. The molecule has 2 rings (SSSR count). The molecule has 116 valence electrons. The van der Waals surface area contributed by atoms with Crippen molar-refractivity contribution in [2.45, 2.75) is 26.3 Å². The van der Waals surface area contributed by atoms with Gasteiger partial charge in [-0.3, -0.25) is 15.0 Å². The van der Waals surface area contributed by atoms with Crippen LogP contribution in [0.15, 0.2) is 12.1 Å². The van der Waals surface area contributed by atoms with Crippen molar-refractivity contribution in [1.82, 2.24) is 9.88 Å². The Balaban J connectivity index is 2.12. The highest BCUT2D eigenvalue weighted by atomic mass is 16.6. The van der Waals surface area contributed by atoms with E-state index in [0.717, 1.165) is 32.6 Å². The number of pyridine rings is 1. The molecule has 1 aromatic rings. The smallest absolute Gasteiger partial charge is 0.276 e. The molecule has 0 aliphatic carbocycles. The molecular weight excluding hydrogens is 270 g/mol. The summed E-state index contributed by atoms with van der Waals surface area (Å²) in [4.78, 5) is 19.6. The Morgan fingerprint density at radius 3 is 2.57 bits per heavy atom. The fraction of sp³-hybridized carbons (Fsp3) is 0.643. The van der Waals surface area contributed by atoms with Crippen LogP contribution in [0.3, 0.4) is 0 Å². The summed E-state index contributed by atoms with van der Waals surface area (Å²) in [5, 5.41) is 13.9. The maximum Gasteiger partial charge on any atom is 0.276 e. The van der Waals surface area contributed by atoms with Crippen molar-refractivity contribution < 1.29 is 4.92 Å². The molecular formula is C14H23N5O2. The molecule has 1 aliphatic heterocycles. The Morgan fingerprint density at radius 1 is 1.38 bits per heavy atom. The Kier molecular flexibility index (Phi) is 4.95. The van der Waals surface area contributed by atoms with Gasteiger partial charge < -0.3 is 10.2 Å². The number of nitrogens with one attached hydrogen (secondary N) is 1. The molecule has 2 heterocycles. The molecule has 1 fully saturated rings. The standard InChI is InChI=1S/C14H23N5O2/c1-4-11(2)17-5-7-18(8-6-17)14-10-12(19(20)21)9-13(15-3)16-14/h9-11H,4-8H2,1-3H3,(H,15,16). The summed E-state index contributed by atoms with van der Waals surface area (Å²) in [7, 11) is 1.72. The van der Waals surface area contributed by atoms with Crippen molar-refractivity contribution in [2.24, 2.45) is 0 Å². The largest absolute Gasteiger partial charge is 0.373 e. The van der Waals surface area contributed by atoms with Crippen LogP contribution in [0, 0.1) is 10.1 Å². The number of hydrogen-bond donors (Lipinski definition) is 1. The van der Waals surface area contributed by atoms with Crippen LogP contribution in [0.5, 0.6) is 0 Å². The van der Waals surface area contributed by atoms with Gasteiger partial charge in [-0.1, -0.05) is 6.92 Å². The number of piperazine rings is 1. The van der Waals surface area contributed by atoms with Crippen LogP contribution < -0.4 is 10.2 Å². The molecule has 1 aliphatic rings. The minimum absolute atomic E-state index is 0.0775. The Labute approximate surface area is 125 Å². The van der Waals surface area contributed by atoms with Crippen LogP contribution in [-0.2, 0) is 0 Å². The van der Waals surface area contributed by atoms with Gasteiger partial charge >= 0.3 is 0 Å². The second-order valence-corrected chi connectivity index (χ2v) is 5.36. The maximum atomic E-state index is 11.0. The minimum Gasteiger partial charge on any atom is -0.373 e. The predicted octanol–water partition coefficient (Wildman–Crippen LogP) is 1.95. The third-order valence-corrected chi connectivity index (χ3v) is 4.12. The van der Waals surface area contributed by atoms with Crippen LogP contribution in [0.1, 0.15) is 20.3 Å². The third-order valence-electron chi connectivity index (χ3n) is 4.12. The molecule has 1 saturated heterocycles. The van der Waals surface area contributed by atoms with E-state index in [1.165, 1.54) is 6.07 Å². The van der Waals surface area contributed by atoms with E-state index in [-0.39, 0.29) is 10.6 Å². The third kappa shape index (κ3) is 3.60. The van der Waals surface area contributed by atoms with E-state index in [1.54, 1.807) is 13.1 Å². The Morgan fingerprint density at radius 2 is 2.05 bits per heavy atom. The van der Waals surface area contributed by atoms with Gasteiger partial charge in [0.25, 0.3) is 5.69 Å². The molecule has 21 heavy (non-hydrogen) atoms. The number of rotatable bonds is 5. The average molecular weight is 293 g/mol. The zero-order valence-electron chi connectivity index (χ0n) is 12.9. The predicted molar refractivity (Wildman–Crippen MR) is 84.0 cm³/mol. The molecule has 0 amide bonds. The number of anilines is 2. The fourth-order valence-corrected chi connectivity index (χ4v) is 2.55. The second kappa shape index (κ2) is 6.71. The lowest BCUT2D eigenvalue weighted by Crippen LogP contribution is -2.49. The van der Waals surface area contributed by atoms with E-state index in [1.807, 2.05) is 0 Å². The quantitative estimate of drug-likeness (QED) is 0.660. The highest BCUT2D eigenvalue weighted by Crippen LogP contribution is 2.24. The van der Waals surface area contributed by atoms with Gasteiger partial charge in [-0.2, -0.15) is 0 Å². The number of aromatic nitrogens is 1. The molecule has 1 aromatic heterocycles. The number of nitro groups is 1. The maximum absolute atomic E-state index is 11.0. The first kappa shape index (κ1) is 15.5. The highest BCUT2D eigenvalue weighted by Gasteiger charge is 2.22. The second-order valence-electron chi connectivity index (χ2n) is 5.36. The summed E-state index contributed by atoms with van der Waals surface area (Å²) in [5.74, 6) is 1.21. The van der Waals surface area contributed by atoms with E-state index in [0.29, 0.717) is 17.7 Å². The first-order chi connectivity index (χ1) is 10.0. The molecule has 1 atom stereocenters. The van der Waals surface area contributed by atoms with E-state index in [2.05, 4.69) is 33.9 Å². The van der Waals surface area contributed by atoms with Gasteiger partial charge in [0.1, 0.15) is 11.6 Å². The van der Waals surface area contributed by atoms with Crippen molar-refractivity contribution in [3.63, 3.8) is 0 Å². The summed E-state index contributed by atoms with van der Waals surface area (Å²) in [6, 6.07) is 3.59. The van der Waals surface area contributed by atoms with Crippen molar-refractivity contribution in [3.05, 3.63) is 22.2 Å². The van der Waals surface area contributed by atoms with E-state index < -0.39 is 0 Å². The van der Waals surface area contributed by atoms with Gasteiger partial charge in [-0.25, -0.2) is 4.98 Å². The van der Waals surface area contributed by atoms with Crippen molar-refractivity contribution in [2.75, 3.05) is 43.4 Å². The molecule has 0 radical (unpaired) electrons. The van der Waals surface area contributed by atoms with Crippen LogP contribution in [0.2, 0.25) is 0 Å². The van der Waals surface area contributed by atoms with Crippen LogP contribution >= 0.6 is 0 Å². The van der Waals surface area contributed by atoms with Crippen LogP contribution in [0.4, 0.5) is 17.3 Å². The van der Waals surface area contributed by atoms with Gasteiger partial charge in [-0.15, -0.1) is 0 Å². The summed E-state index contributed by atoms with van der Waals surface area (Å²) in [6.45, 7) is 8.06. The monoisotopic (exact) mass is 293 g/mol.